The third-order valence-corrected chi connectivity index (χ3v) is 3.64. The summed E-state index contributed by atoms with van der Waals surface area (Å²) in [6.45, 7) is 0.101. The van der Waals surface area contributed by atoms with E-state index in [0.717, 1.165) is 12.3 Å². The Morgan fingerprint density at radius 3 is 2.65 bits per heavy atom. The zero-order valence-corrected chi connectivity index (χ0v) is 12.1. The molecule has 3 rings (SSSR count). The van der Waals surface area contributed by atoms with Gasteiger partial charge in [0.2, 0.25) is 0 Å². The summed E-state index contributed by atoms with van der Waals surface area (Å²) in [5.41, 5.74) is 0.748. The first-order valence-electron chi connectivity index (χ1n) is 5.66. The van der Waals surface area contributed by atoms with Crippen LogP contribution in [0.25, 0.3) is 11.0 Å². The molecular formula is C13H7F3IN3. The van der Waals surface area contributed by atoms with Crippen molar-refractivity contribution in [1.82, 2.24) is 14.8 Å². The maximum Gasteiger partial charge on any atom is 0.159 e. The second-order valence-electron chi connectivity index (χ2n) is 4.21. The summed E-state index contributed by atoms with van der Waals surface area (Å²) in [5.74, 6) is -1.74. The van der Waals surface area contributed by atoms with Gasteiger partial charge in [-0.1, -0.05) is 6.07 Å². The first-order chi connectivity index (χ1) is 9.54. The smallest absolute Gasteiger partial charge is 0.159 e. The highest BCUT2D eigenvalue weighted by molar-refractivity contribution is 14.1. The summed E-state index contributed by atoms with van der Waals surface area (Å²) in [4.78, 5) is 3.97. The quantitative estimate of drug-likeness (QED) is 0.629. The fourth-order valence-electron chi connectivity index (χ4n) is 1.92. The largest absolute Gasteiger partial charge is 0.242 e. The molecule has 0 unspecified atom stereocenters. The van der Waals surface area contributed by atoms with Crippen LogP contribution in [0.15, 0.2) is 30.5 Å². The Kier molecular flexibility index (Phi) is 3.36. The van der Waals surface area contributed by atoms with Crippen molar-refractivity contribution >= 4 is 33.6 Å². The number of fused-ring (bicyclic) bond motifs is 1. The minimum Gasteiger partial charge on any atom is -0.242 e. The molecule has 2 aromatic heterocycles. The molecule has 0 bridgehead atoms. The van der Waals surface area contributed by atoms with Gasteiger partial charge in [0.1, 0.15) is 21.2 Å². The van der Waals surface area contributed by atoms with E-state index in [9.17, 15) is 13.2 Å². The Morgan fingerprint density at radius 1 is 1.10 bits per heavy atom. The molecule has 0 fully saturated rings. The lowest BCUT2D eigenvalue weighted by Gasteiger charge is -2.04. The lowest BCUT2D eigenvalue weighted by molar-refractivity contribution is 0.560. The molecule has 0 saturated heterocycles. The van der Waals surface area contributed by atoms with Crippen molar-refractivity contribution in [2.75, 3.05) is 0 Å². The number of hydrogen-bond acceptors (Lipinski definition) is 2. The number of rotatable bonds is 2. The Hall–Kier alpha value is -1.64. The molecule has 20 heavy (non-hydrogen) atoms. The fourth-order valence-corrected chi connectivity index (χ4v) is 2.58. The lowest BCUT2D eigenvalue weighted by atomic mass is 10.2. The maximum atomic E-state index is 13.6. The third kappa shape index (κ3) is 2.37. The van der Waals surface area contributed by atoms with E-state index in [1.165, 1.54) is 22.9 Å². The van der Waals surface area contributed by atoms with Crippen molar-refractivity contribution < 1.29 is 13.2 Å². The van der Waals surface area contributed by atoms with Gasteiger partial charge >= 0.3 is 0 Å². The normalized spacial score (nSPS) is 11.2. The van der Waals surface area contributed by atoms with Gasteiger partial charge in [-0.25, -0.2) is 22.8 Å². The molecule has 7 heteroatoms. The Bertz CT molecular complexity index is 801. The average molecular weight is 389 g/mol. The van der Waals surface area contributed by atoms with Crippen molar-refractivity contribution in [3.05, 3.63) is 57.2 Å². The molecule has 0 radical (unpaired) electrons. The average Bonchev–Trinajstić information content (AvgIpc) is 2.69. The first kappa shape index (κ1) is 13.3. The van der Waals surface area contributed by atoms with Crippen molar-refractivity contribution in [3.63, 3.8) is 0 Å². The first-order valence-corrected chi connectivity index (χ1v) is 6.74. The summed E-state index contributed by atoms with van der Waals surface area (Å²) < 4.78 is 41.7. The minimum atomic E-state index is -0.647. The Morgan fingerprint density at radius 2 is 1.90 bits per heavy atom. The molecular weight excluding hydrogens is 382 g/mol. The molecule has 0 aliphatic rings. The molecule has 2 heterocycles. The molecule has 0 saturated carbocycles. The fraction of sp³-hybridized carbons (Fsp3) is 0.0769. The van der Waals surface area contributed by atoms with Crippen LogP contribution < -0.4 is 0 Å². The van der Waals surface area contributed by atoms with Crippen molar-refractivity contribution in [2.24, 2.45) is 0 Å². The van der Waals surface area contributed by atoms with E-state index >= 15 is 0 Å². The van der Waals surface area contributed by atoms with E-state index in [2.05, 4.69) is 10.1 Å². The molecule has 0 atom stereocenters. The molecule has 0 spiro atoms. The standard InChI is InChI=1S/C13H7F3IN3/c14-8-2-1-7(11(16)4-8)6-20-13-10(12(17)19-20)3-9(15)5-18-13/h1-5H,6H2. The number of pyridine rings is 1. The van der Waals surface area contributed by atoms with Gasteiger partial charge in [0.25, 0.3) is 0 Å². The van der Waals surface area contributed by atoms with Crippen LogP contribution >= 0.6 is 22.6 Å². The molecule has 0 amide bonds. The van der Waals surface area contributed by atoms with E-state index in [1.54, 1.807) is 0 Å². The maximum absolute atomic E-state index is 13.6. The van der Waals surface area contributed by atoms with Crippen LogP contribution in [0.1, 0.15) is 5.56 Å². The second kappa shape index (κ2) is 5.04. The lowest BCUT2D eigenvalue weighted by Crippen LogP contribution is -2.05. The second-order valence-corrected chi connectivity index (χ2v) is 5.23. The van der Waals surface area contributed by atoms with Gasteiger partial charge in [-0.3, -0.25) is 0 Å². The number of nitrogens with zero attached hydrogens (tertiary/aromatic N) is 3. The summed E-state index contributed by atoms with van der Waals surface area (Å²) in [5, 5.41) is 4.77. The highest BCUT2D eigenvalue weighted by atomic mass is 127. The van der Waals surface area contributed by atoms with E-state index in [0.29, 0.717) is 20.3 Å². The Labute approximate surface area is 125 Å². The summed E-state index contributed by atoms with van der Waals surface area (Å²) in [6.07, 6.45) is 1.08. The van der Waals surface area contributed by atoms with Crippen LogP contribution in [0, 0.1) is 21.2 Å². The summed E-state index contributed by atoms with van der Waals surface area (Å²) >= 11 is 1.96. The van der Waals surface area contributed by atoms with Crippen molar-refractivity contribution in [3.8, 4) is 0 Å². The van der Waals surface area contributed by atoms with Gasteiger partial charge in [0.15, 0.2) is 5.65 Å². The van der Waals surface area contributed by atoms with Crippen molar-refractivity contribution in [1.29, 1.82) is 0 Å². The van der Waals surface area contributed by atoms with Crippen LogP contribution in [-0.4, -0.2) is 14.8 Å². The molecule has 3 aromatic rings. The van der Waals surface area contributed by atoms with Crippen LogP contribution in [0.3, 0.4) is 0 Å². The van der Waals surface area contributed by atoms with Crippen LogP contribution in [-0.2, 0) is 6.54 Å². The van der Waals surface area contributed by atoms with Gasteiger partial charge < -0.3 is 0 Å². The van der Waals surface area contributed by atoms with E-state index in [4.69, 9.17) is 0 Å². The molecule has 0 N–H and O–H groups in total. The number of benzene rings is 1. The van der Waals surface area contributed by atoms with Crippen LogP contribution in [0.5, 0.6) is 0 Å². The monoisotopic (exact) mass is 389 g/mol. The SMILES string of the molecule is Fc1ccc(Cn2nc(I)c3cc(F)cnc32)c(F)c1. The van der Waals surface area contributed by atoms with E-state index < -0.39 is 17.5 Å². The Balaban J connectivity index is 2.07. The molecule has 0 aliphatic carbocycles. The van der Waals surface area contributed by atoms with E-state index in [1.807, 2.05) is 22.6 Å². The van der Waals surface area contributed by atoms with Crippen LogP contribution in [0.2, 0.25) is 0 Å². The zero-order chi connectivity index (χ0) is 14.3. The molecule has 102 valence electrons. The third-order valence-electron chi connectivity index (χ3n) is 2.84. The molecule has 3 nitrogen and oxygen atoms in total. The van der Waals surface area contributed by atoms with Crippen molar-refractivity contribution in [2.45, 2.75) is 6.54 Å². The molecule has 0 aliphatic heterocycles. The number of hydrogen-bond donors (Lipinski definition) is 0. The summed E-state index contributed by atoms with van der Waals surface area (Å²) in [7, 11) is 0. The van der Waals surface area contributed by atoms with Gasteiger partial charge in [0.05, 0.1) is 18.1 Å². The molecule has 1 aromatic carbocycles. The number of halogens is 4. The van der Waals surface area contributed by atoms with Gasteiger partial charge in [-0.2, -0.15) is 5.10 Å². The van der Waals surface area contributed by atoms with Gasteiger partial charge in [-0.05, 0) is 34.7 Å². The predicted octanol–water partition coefficient (Wildman–Crippen LogP) is 3.50. The van der Waals surface area contributed by atoms with E-state index in [-0.39, 0.29) is 6.54 Å². The highest BCUT2D eigenvalue weighted by Gasteiger charge is 2.13. The topological polar surface area (TPSA) is 30.7 Å². The van der Waals surface area contributed by atoms with Gasteiger partial charge in [-0.15, -0.1) is 0 Å². The van der Waals surface area contributed by atoms with Gasteiger partial charge in [0, 0.05) is 11.6 Å². The highest BCUT2D eigenvalue weighted by Crippen LogP contribution is 2.21. The summed E-state index contributed by atoms with van der Waals surface area (Å²) in [6, 6.07) is 4.68. The predicted molar refractivity (Wildman–Crippen MR) is 75.7 cm³/mol. The van der Waals surface area contributed by atoms with Crippen LogP contribution in [0.4, 0.5) is 13.2 Å². The minimum absolute atomic E-state index is 0.101. The zero-order valence-electron chi connectivity index (χ0n) is 9.95. The number of aromatic nitrogens is 3.